The lowest BCUT2D eigenvalue weighted by Gasteiger charge is -2.08. The Hall–Kier alpha value is -1.72. The maximum atomic E-state index is 12.8. The number of phenolic OH excluding ortho intramolecular Hbond substituents is 1. The van der Waals surface area contributed by atoms with Crippen LogP contribution < -0.4 is 0 Å². The molecular weight excluding hydrogens is 196 g/mol. The fourth-order valence-electron chi connectivity index (χ4n) is 0.948. The molecule has 76 valence electrons. The molecule has 1 aromatic carbocycles. The van der Waals surface area contributed by atoms with E-state index in [1.165, 1.54) is 6.92 Å². The molecule has 0 aromatic heterocycles. The van der Waals surface area contributed by atoms with Crippen LogP contribution in [0.4, 0.5) is 8.78 Å². The number of benzene rings is 1. The highest BCUT2D eigenvalue weighted by Gasteiger charge is 2.46. The van der Waals surface area contributed by atoms with Crippen molar-refractivity contribution in [3.8, 4) is 5.75 Å². The number of halogens is 2. The van der Waals surface area contributed by atoms with Crippen molar-refractivity contribution in [3.63, 3.8) is 0 Å². The van der Waals surface area contributed by atoms with Gasteiger partial charge in [-0.25, -0.2) is 0 Å². The van der Waals surface area contributed by atoms with E-state index in [1.54, 1.807) is 0 Å². The number of phenols is 1. The molecule has 4 nitrogen and oxygen atoms in total. The number of nitrogens with zero attached hydrogens (tertiary/aromatic N) is 1. The van der Waals surface area contributed by atoms with E-state index in [1.807, 2.05) is 0 Å². The van der Waals surface area contributed by atoms with E-state index < -0.39 is 16.5 Å². The van der Waals surface area contributed by atoms with Crippen LogP contribution in [0.1, 0.15) is 11.1 Å². The molecule has 0 bridgehead atoms. The topological polar surface area (TPSA) is 63.4 Å². The highest BCUT2D eigenvalue weighted by Crippen LogP contribution is 2.30. The van der Waals surface area contributed by atoms with Gasteiger partial charge in [0.15, 0.2) is 0 Å². The number of alkyl halides is 2. The van der Waals surface area contributed by atoms with Crippen molar-refractivity contribution in [2.75, 3.05) is 0 Å². The molecule has 0 aliphatic carbocycles. The van der Waals surface area contributed by atoms with Gasteiger partial charge in [-0.2, -0.15) is 0 Å². The Bertz CT molecular complexity index is 379. The summed E-state index contributed by atoms with van der Waals surface area (Å²) in [6.07, 6.45) is 0. The average Bonchev–Trinajstić information content (AvgIpc) is 2.09. The quantitative estimate of drug-likeness (QED) is 0.454. The summed E-state index contributed by atoms with van der Waals surface area (Å²) < 4.78 is 25.6. The van der Waals surface area contributed by atoms with Gasteiger partial charge in [0, 0.05) is 0 Å². The van der Waals surface area contributed by atoms with Gasteiger partial charge < -0.3 is 5.11 Å². The highest BCUT2D eigenvalue weighted by molar-refractivity contribution is 5.35. The molecule has 0 saturated heterocycles. The second-order valence-electron chi connectivity index (χ2n) is 2.80. The first-order valence-corrected chi connectivity index (χ1v) is 3.68. The molecule has 1 N–H and O–H groups in total. The summed E-state index contributed by atoms with van der Waals surface area (Å²) in [5.74, 6) is -0.173. The minimum atomic E-state index is -4.11. The minimum absolute atomic E-state index is 0.170. The molecule has 0 aliphatic heterocycles. The molecule has 14 heavy (non-hydrogen) atoms. The molecule has 0 spiro atoms. The average molecular weight is 203 g/mol. The fraction of sp³-hybridized carbons (Fsp3) is 0.250. The molecule has 0 heterocycles. The number of hydrogen-bond acceptors (Lipinski definition) is 3. The van der Waals surface area contributed by atoms with Crippen LogP contribution >= 0.6 is 0 Å². The molecule has 0 fully saturated rings. The second kappa shape index (κ2) is 3.21. The summed E-state index contributed by atoms with van der Waals surface area (Å²) in [5.41, 5.74) is -0.568. The van der Waals surface area contributed by atoms with E-state index in [2.05, 4.69) is 0 Å². The largest absolute Gasteiger partial charge is 0.539 e. The second-order valence-corrected chi connectivity index (χ2v) is 2.80. The van der Waals surface area contributed by atoms with E-state index in [-0.39, 0.29) is 11.3 Å². The van der Waals surface area contributed by atoms with Gasteiger partial charge in [0.2, 0.25) is 0 Å². The first kappa shape index (κ1) is 10.4. The van der Waals surface area contributed by atoms with Gasteiger partial charge in [0.25, 0.3) is 0 Å². The van der Waals surface area contributed by atoms with Crippen LogP contribution in [0.25, 0.3) is 0 Å². The summed E-state index contributed by atoms with van der Waals surface area (Å²) in [4.78, 5) is 8.34. The Balaban J connectivity index is 3.21. The number of hydrogen-bond donors (Lipinski definition) is 1. The van der Waals surface area contributed by atoms with Crippen LogP contribution in [0.15, 0.2) is 18.2 Å². The Morgan fingerprint density at radius 2 is 2.07 bits per heavy atom. The Morgan fingerprint density at radius 1 is 1.50 bits per heavy atom. The third-order valence-corrected chi connectivity index (χ3v) is 1.77. The standard InChI is InChI=1S/C8H7F2NO3/c1-5-4-6(2-3-7(5)12)8(9,10)11(13)14/h2-4,12H,1H3. The Labute approximate surface area is 77.9 Å². The smallest absolute Gasteiger partial charge is 0.508 e. The SMILES string of the molecule is Cc1cc(C(F)(F)[N+](=O)[O-])ccc1O. The lowest BCUT2D eigenvalue weighted by Crippen LogP contribution is -2.24. The molecule has 0 amide bonds. The molecule has 0 radical (unpaired) electrons. The van der Waals surface area contributed by atoms with Crippen LogP contribution in [-0.2, 0) is 6.05 Å². The minimum Gasteiger partial charge on any atom is -0.508 e. The molecule has 0 unspecified atom stereocenters. The molecule has 0 atom stereocenters. The fourth-order valence-corrected chi connectivity index (χ4v) is 0.948. The predicted octanol–water partition coefficient (Wildman–Crippen LogP) is 2.03. The van der Waals surface area contributed by atoms with Crippen LogP contribution in [0.5, 0.6) is 5.75 Å². The van der Waals surface area contributed by atoms with E-state index in [0.717, 1.165) is 18.2 Å². The normalized spacial score (nSPS) is 11.4. The van der Waals surface area contributed by atoms with Crippen molar-refractivity contribution < 1.29 is 18.8 Å². The first-order chi connectivity index (χ1) is 6.35. The number of rotatable bonds is 2. The molecular formula is C8H7F2NO3. The summed E-state index contributed by atoms with van der Waals surface area (Å²) in [6, 6.07) is -1.40. The molecule has 1 rings (SSSR count). The third kappa shape index (κ3) is 1.63. The lowest BCUT2D eigenvalue weighted by atomic mass is 10.1. The van der Waals surface area contributed by atoms with Gasteiger partial charge in [0.1, 0.15) is 16.2 Å². The molecule has 0 aliphatic rings. The monoisotopic (exact) mass is 203 g/mol. The number of aryl methyl sites for hydroxylation is 1. The zero-order valence-electron chi connectivity index (χ0n) is 7.20. The van der Waals surface area contributed by atoms with E-state index in [4.69, 9.17) is 5.11 Å². The van der Waals surface area contributed by atoms with Crippen LogP contribution in [0.2, 0.25) is 0 Å². The Morgan fingerprint density at radius 3 is 2.50 bits per heavy atom. The first-order valence-electron chi connectivity index (χ1n) is 3.68. The van der Waals surface area contributed by atoms with Crippen LogP contribution in [0, 0.1) is 17.0 Å². The summed E-state index contributed by atoms with van der Waals surface area (Å²) in [5, 5.41) is 19.0. The van der Waals surface area contributed by atoms with Gasteiger partial charge in [0.05, 0.1) is 0 Å². The van der Waals surface area contributed by atoms with Crippen LogP contribution in [0.3, 0.4) is 0 Å². The highest BCUT2D eigenvalue weighted by atomic mass is 19.3. The van der Waals surface area contributed by atoms with E-state index in [0.29, 0.717) is 0 Å². The van der Waals surface area contributed by atoms with Gasteiger partial charge in [-0.15, -0.1) is 8.78 Å². The van der Waals surface area contributed by atoms with E-state index >= 15 is 0 Å². The number of nitro groups is 1. The molecule has 1 aromatic rings. The van der Waals surface area contributed by atoms with Crippen molar-refractivity contribution >= 4 is 0 Å². The summed E-state index contributed by atoms with van der Waals surface area (Å²) >= 11 is 0. The van der Waals surface area contributed by atoms with E-state index in [9.17, 15) is 18.9 Å². The summed E-state index contributed by atoms with van der Waals surface area (Å²) in [6.45, 7) is 1.38. The van der Waals surface area contributed by atoms with Gasteiger partial charge in [-0.1, -0.05) is 0 Å². The van der Waals surface area contributed by atoms with Gasteiger partial charge in [-0.05, 0) is 30.7 Å². The zero-order chi connectivity index (χ0) is 10.9. The van der Waals surface area contributed by atoms with Crippen molar-refractivity contribution in [2.45, 2.75) is 13.0 Å². The maximum absolute atomic E-state index is 12.8. The number of aromatic hydroxyl groups is 1. The zero-order valence-corrected chi connectivity index (χ0v) is 7.20. The summed E-state index contributed by atoms with van der Waals surface area (Å²) in [7, 11) is 0. The van der Waals surface area contributed by atoms with Crippen molar-refractivity contribution in [1.29, 1.82) is 0 Å². The third-order valence-electron chi connectivity index (χ3n) is 1.77. The lowest BCUT2D eigenvalue weighted by molar-refractivity contribution is -0.656. The van der Waals surface area contributed by atoms with Gasteiger partial charge in [-0.3, -0.25) is 10.1 Å². The maximum Gasteiger partial charge on any atom is 0.539 e. The van der Waals surface area contributed by atoms with Crippen molar-refractivity contribution in [2.24, 2.45) is 0 Å². The Kier molecular flexibility index (Phi) is 2.37. The molecule has 0 saturated carbocycles. The van der Waals surface area contributed by atoms with Crippen molar-refractivity contribution in [1.82, 2.24) is 0 Å². The van der Waals surface area contributed by atoms with Crippen molar-refractivity contribution in [3.05, 3.63) is 39.4 Å². The predicted molar refractivity (Wildman–Crippen MR) is 43.7 cm³/mol. The molecule has 6 heteroatoms. The van der Waals surface area contributed by atoms with Gasteiger partial charge >= 0.3 is 6.05 Å². The van der Waals surface area contributed by atoms with Crippen LogP contribution in [-0.4, -0.2) is 10.0 Å².